The number of anilines is 1. The number of rotatable bonds is 6. The molecule has 0 unspecified atom stereocenters. The summed E-state index contributed by atoms with van der Waals surface area (Å²) in [5, 5.41) is 3.30. The van der Waals surface area contributed by atoms with Gasteiger partial charge in [-0.3, -0.25) is 9.59 Å². The highest BCUT2D eigenvalue weighted by Crippen LogP contribution is 2.31. The number of nitrogens with one attached hydrogen (secondary N) is 1. The number of halogens is 1. The molecule has 3 heterocycles. The van der Waals surface area contributed by atoms with Gasteiger partial charge in [0.1, 0.15) is 0 Å². The minimum absolute atomic E-state index is 0.165. The Kier molecular flexibility index (Phi) is 5.63. The Labute approximate surface area is 177 Å². The Morgan fingerprint density at radius 3 is 2.90 bits per heavy atom. The zero-order valence-corrected chi connectivity index (χ0v) is 16.9. The molecule has 4 rings (SSSR count). The second-order valence-corrected chi connectivity index (χ2v) is 7.08. The van der Waals surface area contributed by atoms with Crippen molar-refractivity contribution in [2.75, 3.05) is 11.9 Å². The van der Waals surface area contributed by atoms with Crippen LogP contribution in [0.3, 0.4) is 0 Å². The lowest BCUT2D eigenvalue weighted by Gasteiger charge is -2.08. The first-order valence-electron chi connectivity index (χ1n) is 9.39. The Balaban J connectivity index is 1.52. The Hall–Kier alpha value is -3.45. The van der Waals surface area contributed by atoms with Gasteiger partial charge in [-0.15, -0.1) is 0 Å². The molecule has 0 fully saturated rings. The average Bonchev–Trinajstić information content (AvgIpc) is 3.39. The van der Waals surface area contributed by atoms with Crippen LogP contribution in [-0.4, -0.2) is 29.2 Å². The lowest BCUT2D eigenvalue weighted by Crippen LogP contribution is -2.12. The van der Waals surface area contributed by atoms with Crippen molar-refractivity contribution >= 4 is 40.7 Å². The summed E-state index contributed by atoms with van der Waals surface area (Å²) in [7, 11) is 0. The van der Waals surface area contributed by atoms with Crippen molar-refractivity contribution in [3.8, 4) is 0 Å². The molecule has 0 aliphatic carbocycles. The summed E-state index contributed by atoms with van der Waals surface area (Å²) in [6.07, 6.45) is 3.76. The number of ether oxygens (including phenoxy) is 1. The number of amides is 1. The average molecular weight is 424 g/mol. The molecule has 1 aliphatic rings. The number of carbonyl (C=O) groups is 2. The number of fused-ring (bicyclic) bond motifs is 1. The third kappa shape index (κ3) is 4.26. The van der Waals surface area contributed by atoms with Crippen molar-refractivity contribution in [1.29, 1.82) is 0 Å². The highest BCUT2D eigenvalue weighted by molar-refractivity contribution is 6.34. The van der Waals surface area contributed by atoms with Gasteiger partial charge in [-0.1, -0.05) is 11.6 Å². The highest BCUT2D eigenvalue weighted by atomic mass is 35.5. The second kappa shape index (κ2) is 8.51. The van der Waals surface area contributed by atoms with Gasteiger partial charge >= 0.3 is 5.97 Å². The number of esters is 1. The van der Waals surface area contributed by atoms with Crippen molar-refractivity contribution in [2.24, 2.45) is 4.99 Å². The van der Waals surface area contributed by atoms with Gasteiger partial charge in [0.25, 0.3) is 5.91 Å². The smallest absolute Gasteiger partial charge is 0.310 e. The quantitative estimate of drug-likeness (QED) is 0.594. The molecule has 152 valence electrons. The molecule has 7 nitrogen and oxygen atoms in total. The molecular weight excluding hydrogens is 406 g/mol. The molecule has 1 N–H and O–H groups in total. The van der Waals surface area contributed by atoms with Gasteiger partial charge in [-0.25, -0.2) is 9.98 Å². The van der Waals surface area contributed by atoms with Crippen LogP contribution in [0, 0.1) is 0 Å². The fourth-order valence-electron chi connectivity index (χ4n) is 3.19. The molecule has 1 aliphatic heterocycles. The predicted octanol–water partition coefficient (Wildman–Crippen LogP) is 4.36. The highest BCUT2D eigenvalue weighted by Gasteiger charge is 2.21. The molecule has 1 amide bonds. The number of pyridine rings is 1. The number of furan rings is 1. The van der Waals surface area contributed by atoms with Crippen LogP contribution in [0.5, 0.6) is 0 Å². The maximum atomic E-state index is 12.2. The molecule has 1 aromatic carbocycles. The molecule has 8 heteroatoms. The maximum Gasteiger partial charge on any atom is 0.310 e. The normalized spacial score (nSPS) is 12.3. The van der Waals surface area contributed by atoms with Crippen LogP contribution in [0.1, 0.15) is 34.2 Å². The molecule has 0 bridgehead atoms. The Morgan fingerprint density at radius 1 is 1.27 bits per heavy atom. The van der Waals surface area contributed by atoms with E-state index in [4.69, 9.17) is 20.8 Å². The minimum atomic E-state index is -0.352. The standard InChI is InChI=1S/C22H18ClN3O4/c1-2-29-20(27)9-13-8-14-10-18(26-21(14)24-12-13)16-11-15(5-6-17(16)23)25-22(28)19-4-3-7-30-19/h3-8,11-12H,2,9-10H2,1H3,(H,25,28). The first-order valence-corrected chi connectivity index (χ1v) is 9.77. The van der Waals surface area contributed by atoms with Crippen molar-refractivity contribution in [3.63, 3.8) is 0 Å². The molecule has 0 saturated carbocycles. The lowest BCUT2D eigenvalue weighted by molar-refractivity contribution is -0.142. The fraction of sp³-hybridized carbons (Fsp3) is 0.182. The number of aliphatic imine (C=N–C) groups is 1. The summed E-state index contributed by atoms with van der Waals surface area (Å²) >= 11 is 6.40. The van der Waals surface area contributed by atoms with Gasteiger partial charge < -0.3 is 14.5 Å². The van der Waals surface area contributed by atoms with E-state index in [1.165, 1.54) is 6.26 Å². The third-order valence-electron chi connectivity index (χ3n) is 4.53. The summed E-state index contributed by atoms with van der Waals surface area (Å²) < 4.78 is 10.1. The van der Waals surface area contributed by atoms with E-state index in [1.807, 2.05) is 6.07 Å². The van der Waals surface area contributed by atoms with Crippen molar-refractivity contribution in [2.45, 2.75) is 19.8 Å². The van der Waals surface area contributed by atoms with Crippen molar-refractivity contribution in [1.82, 2.24) is 4.98 Å². The van der Waals surface area contributed by atoms with Crippen LogP contribution in [0.4, 0.5) is 11.5 Å². The van der Waals surface area contributed by atoms with Crippen LogP contribution in [0.15, 0.2) is 58.3 Å². The Morgan fingerprint density at radius 2 is 2.13 bits per heavy atom. The largest absolute Gasteiger partial charge is 0.466 e. The first kappa shape index (κ1) is 19.8. The van der Waals surface area contributed by atoms with Crippen LogP contribution < -0.4 is 5.32 Å². The van der Waals surface area contributed by atoms with Crippen LogP contribution in [-0.2, 0) is 22.4 Å². The zero-order valence-electron chi connectivity index (χ0n) is 16.1. The van der Waals surface area contributed by atoms with E-state index in [2.05, 4.69) is 15.3 Å². The van der Waals surface area contributed by atoms with Gasteiger partial charge in [0.05, 0.1) is 25.0 Å². The molecule has 0 spiro atoms. The molecule has 2 aromatic heterocycles. The van der Waals surface area contributed by atoms with Gasteiger partial charge in [0.15, 0.2) is 11.6 Å². The van der Waals surface area contributed by atoms with Gasteiger partial charge in [-0.2, -0.15) is 0 Å². The third-order valence-corrected chi connectivity index (χ3v) is 4.86. The fourth-order valence-corrected chi connectivity index (χ4v) is 3.41. The van der Waals surface area contributed by atoms with Crippen LogP contribution in [0.25, 0.3) is 0 Å². The van der Waals surface area contributed by atoms with Gasteiger partial charge in [-0.05, 0) is 48.9 Å². The van der Waals surface area contributed by atoms with E-state index < -0.39 is 0 Å². The molecular formula is C22H18ClN3O4. The monoisotopic (exact) mass is 423 g/mol. The van der Waals surface area contributed by atoms with Crippen LogP contribution >= 0.6 is 11.6 Å². The molecule has 0 atom stereocenters. The molecule has 30 heavy (non-hydrogen) atoms. The minimum Gasteiger partial charge on any atom is -0.466 e. The molecule has 0 radical (unpaired) electrons. The topological polar surface area (TPSA) is 93.8 Å². The summed E-state index contributed by atoms with van der Waals surface area (Å²) in [5.41, 5.74) is 3.70. The SMILES string of the molecule is CCOC(=O)Cc1cnc2c(c1)CC(c1cc(NC(=O)c3ccco3)ccc1Cl)=N2. The zero-order chi connectivity index (χ0) is 21.1. The first-order chi connectivity index (χ1) is 14.5. The van der Waals surface area contributed by atoms with E-state index in [0.717, 1.165) is 16.8 Å². The van der Waals surface area contributed by atoms with Crippen molar-refractivity contribution in [3.05, 3.63) is 76.3 Å². The number of carbonyl (C=O) groups excluding carboxylic acids is 2. The molecule has 0 saturated heterocycles. The Bertz CT molecular complexity index is 1140. The number of benzene rings is 1. The van der Waals surface area contributed by atoms with E-state index in [0.29, 0.717) is 35.1 Å². The summed E-state index contributed by atoms with van der Waals surface area (Å²) in [6.45, 7) is 2.11. The summed E-state index contributed by atoms with van der Waals surface area (Å²) in [4.78, 5) is 32.9. The maximum absolute atomic E-state index is 12.2. The van der Waals surface area contributed by atoms with Crippen LogP contribution in [0.2, 0.25) is 5.02 Å². The van der Waals surface area contributed by atoms with Gasteiger partial charge in [0.2, 0.25) is 0 Å². The number of nitrogens with zero attached hydrogens (tertiary/aromatic N) is 2. The lowest BCUT2D eigenvalue weighted by atomic mass is 10.0. The summed E-state index contributed by atoms with van der Waals surface area (Å²) in [5.74, 6) is 0.172. The molecule has 3 aromatic rings. The van der Waals surface area contributed by atoms with E-state index in [9.17, 15) is 9.59 Å². The number of hydrogen-bond donors (Lipinski definition) is 1. The van der Waals surface area contributed by atoms with Gasteiger partial charge in [0, 0.05) is 34.5 Å². The second-order valence-electron chi connectivity index (χ2n) is 6.67. The number of aromatic nitrogens is 1. The van der Waals surface area contributed by atoms with E-state index >= 15 is 0 Å². The van der Waals surface area contributed by atoms with Crippen molar-refractivity contribution < 1.29 is 18.7 Å². The predicted molar refractivity (Wildman–Crippen MR) is 113 cm³/mol. The summed E-state index contributed by atoms with van der Waals surface area (Å²) in [6, 6.07) is 10.3. The number of hydrogen-bond acceptors (Lipinski definition) is 6. The van der Waals surface area contributed by atoms with E-state index in [1.54, 1.807) is 43.5 Å². The van der Waals surface area contributed by atoms with E-state index in [-0.39, 0.29) is 24.1 Å².